The topological polar surface area (TPSA) is 22.1 Å². The Bertz CT molecular complexity index is 157. The zero-order valence-electron chi connectivity index (χ0n) is 12.0. The molecule has 1 rings (SSSR count). The van der Waals surface area contributed by atoms with E-state index in [1.165, 1.54) is 25.7 Å². The first kappa shape index (κ1) is 18.5. The Morgan fingerprint density at radius 3 is 1.35 bits per heavy atom. The van der Waals surface area contributed by atoms with E-state index in [-0.39, 0.29) is 0 Å². The zero-order chi connectivity index (χ0) is 13.2. The number of hydrogen-bond donors (Lipinski definition) is 0. The van der Waals surface area contributed by atoms with Crippen molar-refractivity contribution in [2.45, 2.75) is 53.4 Å². The molecule has 0 aliphatic carbocycles. The SMILES string of the molecule is CCCCCC.CCOCC.c1ccncc1. The second-order valence-electron chi connectivity index (χ2n) is 3.51. The lowest BCUT2D eigenvalue weighted by Crippen LogP contribution is -1.84. The summed E-state index contributed by atoms with van der Waals surface area (Å²) < 4.78 is 4.83. The van der Waals surface area contributed by atoms with Crippen LogP contribution in [-0.4, -0.2) is 18.2 Å². The fourth-order valence-electron chi connectivity index (χ4n) is 1.02. The molecule has 0 N–H and O–H groups in total. The molecular weight excluding hydrogens is 210 g/mol. The first-order chi connectivity index (χ1) is 8.33. The molecule has 1 aromatic heterocycles. The average Bonchev–Trinajstić information content (AvgIpc) is 2.41. The van der Waals surface area contributed by atoms with Gasteiger partial charge in [0.25, 0.3) is 0 Å². The normalized spacial score (nSPS) is 8.47. The number of unbranched alkanes of at least 4 members (excludes halogenated alkanes) is 3. The van der Waals surface area contributed by atoms with Gasteiger partial charge >= 0.3 is 0 Å². The minimum absolute atomic E-state index is 0.844. The van der Waals surface area contributed by atoms with E-state index in [1.807, 2.05) is 32.0 Å². The Kier molecular flexibility index (Phi) is 22.3. The van der Waals surface area contributed by atoms with E-state index < -0.39 is 0 Å². The van der Waals surface area contributed by atoms with Crippen LogP contribution < -0.4 is 0 Å². The highest BCUT2D eigenvalue weighted by Gasteiger charge is 1.75. The van der Waals surface area contributed by atoms with Crippen molar-refractivity contribution >= 4 is 0 Å². The molecule has 1 aromatic rings. The molecule has 0 atom stereocenters. The third-order valence-corrected chi connectivity index (χ3v) is 1.93. The summed E-state index contributed by atoms with van der Waals surface area (Å²) in [5.41, 5.74) is 0. The molecule has 2 heteroatoms. The maximum atomic E-state index is 4.83. The third-order valence-electron chi connectivity index (χ3n) is 1.93. The number of pyridine rings is 1. The van der Waals surface area contributed by atoms with Gasteiger partial charge in [-0.05, 0) is 26.0 Å². The standard InChI is InChI=1S/C6H14.C5H5N.C4H10O/c1-3-5-6-4-2;1-2-4-6-5-3-1;1-3-5-4-2/h3-6H2,1-2H3;1-5H;3-4H2,1-2H3. The third kappa shape index (κ3) is 25.4. The van der Waals surface area contributed by atoms with E-state index in [4.69, 9.17) is 4.74 Å². The lowest BCUT2D eigenvalue weighted by Gasteiger charge is -1.86. The number of nitrogens with zero attached hydrogens (tertiary/aromatic N) is 1. The summed E-state index contributed by atoms with van der Waals surface area (Å²) in [6.07, 6.45) is 9.04. The van der Waals surface area contributed by atoms with Crippen molar-refractivity contribution in [3.63, 3.8) is 0 Å². The van der Waals surface area contributed by atoms with Crippen LogP contribution in [0.15, 0.2) is 30.6 Å². The first-order valence-corrected chi connectivity index (χ1v) is 6.76. The van der Waals surface area contributed by atoms with Crippen LogP contribution in [0.1, 0.15) is 53.4 Å². The minimum atomic E-state index is 0.844. The average molecular weight is 239 g/mol. The van der Waals surface area contributed by atoms with Gasteiger partial charge in [-0.25, -0.2) is 0 Å². The highest BCUT2D eigenvalue weighted by molar-refractivity contribution is 4.88. The van der Waals surface area contributed by atoms with Gasteiger partial charge in [0.1, 0.15) is 0 Å². The van der Waals surface area contributed by atoms with Crippen LogP contribution in [0.5, 0.6) is 0 Å². The summed E-state index contributed by atoms with van der Waals surface area (Å²) in [5.74, 6) is 0. The molecule has 0 aliphatic heterocycles. The van der Waals surface area contributed by atoms with Crippen LogP contribution in [0.3, 0.4) is 0 Å². The van der Waals surface area contributed by atoms with Crippen molar-refractivity contribution < 1.29 is 4.74 Å². The Hall–Kier alpha value is -0.890. The molecule has 0 amide bonds. The maximum absolute atomic E-state index is 4.83. The largest absolute Gasteiger partial charge is 0.382 e. The van der Waals surface area contributed by atoms with Crippen LogP contribution in [0.2, 0.25) is 0 Å². The van der Waals surface area contributed by atoms with Crippen molar-refractivity contribution in [3.8, 4) is 0 Å². The second kappa shape index (κ2) is 20.5. The Morgan fingerprint density at radius 2 is 1.24 bits per heavy atom. The fourth-order valence-corrected chi connectivity index (χ4v) is 1.02. The van der Waals surface area contributed by atoms with Crippen molar-refractivity contribution in [2.75, 3.05) is 13.2 Å². The van der Waals surface area contributed by atoms with Crippen LogP contribution in [-0.2, 0) is 4.74 Å². The Balaban J connectivity index is 0. The van der Waals surface area contributed by atoms with E-state index in [0.717, 1.165) is 13.2 Å². The van der Waals surface area contributed by atoms with E-state index in [2.05, 4.69) is 18.8 Å². The highest BCUT2D eigenvalue weighted by atomic mass is 16.5. The van der Waals surface area contributed by atoms with E-state index in [0.29, 0.717) is 0 Å². The van der Waals surface area contributed by atoms with Crippen molar-refractivity contribution in [1.29, 1.82) is 0 Å². The van der Waals surface area contributed by atoms with Crippen molar-refractivity contribution in [3.05, 3.63) is 30.6 Å². The van der Waals surface area contributed by atoms with Gasteiger partial charge in [0.15, 0.2) is 0 Å². The van der Waals surface area contributed by atoms with Gasteiger partial charge in [0, 0.05) is 25.6 Å². The number of rotatable bonds is 5. The van der Waals surface area contributed by atoms with E-state index >= 15 is 0 Å². The molecule has 0 saturated carbocycles. The molecular formula is C15H29NO. The van der Waals surface area contributed by atoms with Gasteiger partial charge < -0.3 is 4.74 Å². The molecule has 17 heavy (non-hydrogen) atoms. The van der Waals surface area contributed by atoms with Crippen LogP contribution in [0, 0.1) is 0 Å². The van der Waals surface area contributed by atoms with Crippen LogP contribution in [0.4, 0.5) is 0 Å². The van der Waals surface area contributed by atoms with E-state index in [1.54, 1.807) is 12.4 Å². The molecule has 0 spiro atoms. The lowest BCUT2D eigenvalue weighted by atomic mass is 10.2. The molecule has 0 saturated heterocycles. The van der Waals surface area contributed by atoms with Gasteiger partial charge in [-0.2, -0.15) is 0 Å². The summed E-state index contributed by atoms with van der Waals surface area (Å²) in [4.78, 5) is 3.78. The zero-order valence-corrected chi connectivity index (χ0v) is 12.0. The van der Waals surface area contributed by atoms with Crippen LogP contribution >= 0.6 is 0 Å². The lowest BCUT2D eigenvalue weighted by molar-refractivity contribution is 0.162. The second-order valence-corrected chi connectivity index (χ2v) is 3.51. The van der Waals surface area contributed by atoms with E-state index in [9.17, 15) is 0 Å². The molecule has 0 aliphatic rings. The highest BCUT2D eigenvalue weighted by Crippen LogP contribution is 1.95. The molecule has 1 heterocycles. The van der Waals surface area contributed by atoms with Gasteiger partial charge in [-0.15, -0.1) is 0 Å². The fraction of sp³-hybridized carbons (Fsp3) is 0.667. The molecule has 0 unspecified atom stereocenters. The first-order valence-electron chi connectivity index (χ1n) is 6.76. The quantitative estimate of drug-likeness (QED) is 0.694. The van der Waals surface area contributed by atoms with Gasteiger partial charge in [0.2, 0.25) is 0 Å². The number of aromatic nitrogens is 1. The monoisotopic (exact) mass is 239 g/mol. The minimum Gasteiger partial charge on any atom is -0.382 e. The molecule has 0 radical (unpaired) electrons. The molecule has 100 valence electrons. The summed E-state index contributed by atoms with van der Waals surface area (Å²) in [7, 11) is 0. The Morgan fingerprint density at radius 1 is 0.765 bits per heavy atom. The Labute approximate surface area is 107 Å². The predicted octanol–water partition coefficient (Wildman–Crippen LogP) is 4.71. The summed E-state index contributed by atoms with van der Waals surface area (Å²) in [6, 6.07) is 5.72. The molecule has 0 aromatic carbocycles. The van der Waals surface area contributed by atoms with Crippen LogP contribution in [0.25, 0.3) is 0 Å². The van der Waals surface area contributed by atoms with Gasteiger partial charge in [-0.3, -0.25) is 4.98 Å². The van der Waals surface area contributed by atoms with Crippen molar-refractivity contribution in [2.24, 2.45) is 0 Å². The number of hydrogen-bond acceptors (Lipinski definition) is 2. The molecule has 2 nitrogen and oxygen atoms in total. The predicted molar refractivity (Wildman–Crippen MR) is 76.2 cm³/mol. The maximum Gasteiger partial charge on any atom is 0.0437 e. The molecule has 0 bridgehead atoms. The van der Waals surface area contributed by atoms with Crippen molar-refractivity contribution in [1.82, 2.24) is 4.98 Å². The smallest absolute Gasteiger partial charge is 0.0437 e. The molecule has 0 fully saturated rings. The summed E-state index contributed by atoms with van der Waals surface area (Å²) >= 11 is 0. The summed E-state index contributed by atoms with van der Waals surface area (Å²) in [5, 5.41) is 0. The van der Waals surface area contributed by atoms with Gasteiger partial charge in [0.05, 0.1) is 0 Å². The van der Waals surface area contributed by atoms with Gasteiger partial charge in [-0.1, -0.05) is 45.6 Å². The summed E-state index contributed by atoms with van der Waals surface area (Å²) in [6.45, 7) is 10.1. The number of ether oxygens (including phenoxy) is 1.